The molecule has 1 aromatic carbocycles. The Morgan fingerprint density at radius 1 is 1.41 bits per heavy atom. The summed E-state index contributed by atoms with van der Waals surface area (Å²) in [4.78, 5) is 0. The smallest absolute Gasteiger partial charge is 0.263 e. The van der Waals surface area contributed by atoms with Crippen molar-refractivity contribution in [1.82, 2.24) is 5.32 Å². The van der Waals surface area contributed by atoms with Crippen LogP contribution in [0, 0.1) is 0 Å². The van der Waals surface area contributed by atoms with Gasteiger partial charge in [0.15, 0.2) is 0 Å². The third-order valence-corrected chi connectivity index (χ3v) is 3.66. The Morgan fingerprint density at radius 3 is 2.82 bits per heavy atom. The number of hydrogen-bond acceptors (Lipinski definition) is 2. The second-order valence-corrected chi connectivity index (χ2v) is 5.52. The lowest BCUT2D eigenvalue weighted by atomic mass is 10.1. The van der Waals surface area contributed by atoms with Crippen LogP contribution in [0.3, 0.4) is 0 Å². The topological polar surface area (TPSA) is 29.1 Å². The van der Waals surface area contributed by atoms with Crippen LogP contribution in [0.2, 0.25) is 0 Å². The predicted octanol–water partition coefficient (Wildman–Crippen LogP) is 2.48. The van der Waals surface area contributed by atoms with Gasteiger partial charge in [0.1, 0.15) is 0 Å². The van der Waals surface area contributed by atoms with Crippen LogP contribution in [-0.4, -0.2) is 22.3 Å². The Bertz CT molecular complexity index is 371. The Labute approximate surface area is 103 Å². The van der Waals surface area contributed by atoms with Crippen LogP contribution in [0.1, 0.15) is 24.5 Å². The van der Waals surface area contributed by atoms with Crippen LogP contribution in [0.25, 0.3) is 0 Å². The van der Waals surface area contributed by atoms with Crippen molar-refractivity contribution in [3.05, 3.63) is 35.4 Å². The van der Waals surface area contributed by atoms with Crippen LogP contribution in [-0.2, 0) is 17.3 Å². The molecule has 5 heteroatoms. The van der Waals surface area contributed by atoms with E-state index in [1.54, 1.807) is 12.1 Å². The van der Waals surface area contributed by atoms with Crippen LogP contribution < -0.4 is 5.32 Å². The quantitative estimate of drug-likeness (QED) is 0.764. The van der Waals surface area contributed by atoms with Gasteiger partial charge in [-0.15, -0.1) is 0 Å². The van der Waals surface area contributed by atoms with E-state index in [9.17, 15) is 13.0 Å². The molecular formula is C12H17F2NOS. The Kier molecular flexibility index (Phi) is 6.29. The molecule has 1 N–H and O–H groups in total. The summed E-state index contributed by atoms with van der Waals surface area (Å²) >= 11 is 0. The first-order valence-corrected chi connectivity index (χ1v) is 7.05. The van der Waals surface area contributed by atoms with Gasteiger partial charge in [-0.3, -0.25) is 4.21 Å². The summed E-state index contributed by atoms with van der Waals surface area (Å²) in [6.45, 7) is 3.04. The maximum absolute atomic E-state index is 12.4. The van der Waals surface area contributed by atoms with Gasteiger partial charge in [-0.25, -0.2) is 8.78 Å². The molecule has 0 radical (unpaired) electrons. The zero-order valence-electron chi connectivity index (χ0n) is 9.79. The van der Waals surface area contributed by atoms with E-state index in [1.807, 2.05) is 6.92 Å². The highest BCUT2D eigenvalue weighted by molar-refractivity contribution is 7.84. The molecule has 0 aliphatic rings. The minimum Gasteiger partial charge on any atom is -0.312 e. The van der Waals surface area contributed by atoms with Gasteiger partial charge >= 0.3 is 0 Å². The fourth-order valence-electron chi connectivity index (χ4n) is 1.40. The highest BCUT2D eigenvalue weighted by atomic mass is 32.2. The normalized spacial score (nSPS) is 12.9. The summed E-state index contributed by atoms with van der Waals surface area (Å²) in [6.07, 6.45) is -2.43. The first kappa shape index (κ1) is 14.3. The molecule has 0 heterocycles. The van der Waals surface area contributed by atoms with Crippen molar-refractivity contribution >= 4 is 10.8 Å². The van der Waals surface area contributed by atoms with Gasteiger partial charge in [0, 0.05) is 41.0 Å². The third kappa shape index (κ3) is 5.37. The Hall–Kier alpha value is -0.810. The van der Waals surface area contributed by atoms with Crippen LogP contribution >= 0.6 is 0 Å². The molecule has 0 bridgehead atoms. The number of hydrogen-bond donors (Lipinski definition) is 1. The maximum Gasteiger partial charge on any atom is 0.263 e. The largest absolute Gasteiger partial charge is 0.312 e. The van der Waals surface area contributed by atoms with Crippen LogP contribution in [0.4, 0.5) is 8.78 Å². The molecule has 0 aromatic heterocycles. The van der Waals surface area contributed by atoms with Gasteiger partial charge in [-0.2, -0.15) is 0 Å². The van der Waals surface area contributed by atoms with Gasteiger partial charge in [-0.05, 0) is 11.6 Å². The molecule has 0 fully saturated rings. The van der Waals surface area contributed by atoms with E-state index >= 15 is 0 Å². The molecule has 0 amide bonds. The lowest BCUT2D eigenvalue weighted by molar-refractivity contribution is 0.151. The fraction of sp³-hybridized carbons (Fsp3) is 0.500. The van der Waals surface area contributed by atoms with E-state index in [4.69, 9.17) is 0 Å². The van der Waals surface area contributed by atoms with E-state index in [0.29, 0.717) is 24.6 Å². The van der Waals surface area contributed by atoms with Crippen LogP contribution in [0.15, 0.2) is 24.3 Å². The van der Waals surface area contributed by atoms with E-state index in [-0.39, 0.29) is 5.56 Å². The molecule has 2 nitrogen and oxygen atoms in total. The van der Waals surface area contributed by atoms with Crippen molar-refractivity contribution < 1.29 is 13.0 Å². The van der Waals surface area contributed by atoms with Crippen molar-refractivity contribution in [3.63, 3.8) is 0 Å². The molecule has 0 aliphatic heterocycles. The molecule has 1 rings (SSSR count). The maximum atomic E-state index is 12.4. The molecule has 0 spiro atoms. The average Bonchev–Trinajstić information content (AvgIpc) is 2.34. The molecule has 1 aromatic rings. The molecule has 96 valence electrons. The number of halogens is 2. The van der Waals surface area contributed by atoms with Crippen molar-refractivity contribution in [2.75, 3.05) is 18.1 Å². The van der Waals surface area contributed by atoms with Gasteiger partial charge in [0.2, 0.25) is 0 Å². The molecular weight excluding hydrogens is 244 g/mol. The minimum absolute atomic E-state index is 0.0430. The predicted molar refractivity (Wildman–Crippen MR) is 66.7 cm³/mol. The molecule has 17 heavy (non-hydrogen) atoms. The Balaban J connectivity index is 2.36. The first-order chi connectivity index (χ1) is 8.13. The van der Waals surface area contributed by atoms with Crippen molar-refractivity contribution in [2.24, 2.45) is 0 Å². The van der Waals surface area contributed by atoms with Crippen molar-refractivity contribution in [1.29, 1.82) is 0 Å². The van der Waals surface area contributed by atoms with Crippen molar-refractivity contribution in [2.45, 2.75) is 19.9 Å². The summed E-state index contributed by atoms with van der Waals surface area (Å²) in [5.41, 5.74) is 0.867. The third-order valence-electron chi connectivity index (χ3n) is 2.36. The molecule has 0 saturated carbocycles. The number of rotatable bonds is 7. The summed E-state index contributed by atoms with van der Waals surface area (Å²) in [5.74, 6) is 1.26. The number of benzene rings is 1. The lowest BCUT2D eigenvalue weighted by Gasteiger charge is -2.06. The molecule has 0 aliphatic carbocycles. The second-order valence-electron chi connectivity index (χ2n) is 3.66. The summed E-state index contributed by atoms with van der Waals surface area (Å²) < 4.78 is 36.0. The second kappa shape index (κ2) is 7.50. The number of alkyl halides is 2. The van der Waals surface area contributed by atoms with Gasteiger partial charge < -0.3 is 5.32 Å². The zero-order chi connectivity index (χ0) is 12.7. The summed E-state index contributed by atoms with van der Waals surface area (Å²) in [7, 11) is -0.779. The fourth-order valence-corrected chi connectivity index (χ4v) is 2.06. The van der Waals surface area contributed by atoms with E-state index in [0.717, 1.165) is 5.56 Å². The zero-order valence-corrected chi connectivity index (χ0v) is 10.6. The van der Waals surface area contributed by atoms with Gasteiger partial charge in [0.25, 0.3) is 6.43 Å². The first-order valence-electron chi connectivity index (χ1n) is 5.56. The SMILES string of the molecule is CCS(=O)CCNCc1cccc(C(F)F)c1. The van der Waals surface area contributed by atoms with Crippen molar-refractivity contribution in [3.8, 4) is 0 Å². The van der Waals surface area contributed by atoms with Gasteiger partial charge in [-0.1, -0.05) is 25.1 Å². The minimum atomic E-state index is -2.43. The van der Waals surface area contributed by atoms with Crippen LogP contribution in [0.5, 0.6) is 0 Å². The lowest BCUT2D eigenvalue weighted by Crippen LogP contribution is -2.20. The molecule has 1 unspecified atom stereocenters. The molecule has 1 atom stereocenters. The van der Waals surface area contributed by atoms with E-state index < -0.39 is 17.2 Å². The van der Waals surface area contributed by atoms with E-state index in [2.05, 4.69) is 5.32 Å². The highest BCUT2D eigenvalue weighted by Gasteiger charge is 2.06. The summed E-state index contributed by atoms with van der Waals surface area (Å²) in [5, 5.41) is 3.10. The average molecular weight is 261 g/mol. The summed E-state index contributed by atoms with van der Waals surface area (Å²) in [6, 6.07) is 6.34. The standard InChI is InChI=1S/C12H17F2NOS/c1-2-17(16)7-6-15-9-10-4-3-5-11(8-10)12(13)14/h3-5,8,12,15H,2,6-7,9H2,1H3. The van der Waals surface area contributed by atoms with Gasteiger partial charge in [0.05, 0.1) is 0 Å². The monoisotopic (exact) mass is 261 g/mol. The number of nitrogens with one attached hydrogen (secondary N) is 1. The highest BCUT2D eigenvalue weighted by Crippen LogP contribution is 2.19. The molecule has 0 saturated heterocycles. The van der Waals surface area contributed by atoms with E-state index in [1.165, 1.54) is 12.1 Å². The Morgan fingerprint density at radius 2 is 2.18 bits per heavy atom.